The van der Waals surface area contributed by atoms with Crippen LogP contribution >= 0.6 is 0 Å². The number of carbonyl (C=O) groups excluding carboxylic acids is 1. The summed E-state index contributed by atoms with van der Waals surface area (Å²) < 4.78 is 26.4. The summed E-state index contributed by atoms with van der Waals surface area (Å²) >= 11 is 0. The summed E-state index contributed by atoms with van der Waals surface area (Å²) in [7, 11) is -3.55. The molecule has 0 bridgehead atoms. The Morgan fingerprint density at radius 3 is 2.07 bits per heavy atom. The van der Waals surface area contributed by atoms with Gasteiger partial charge in [-0.15, -0.1) is 0 Å². The molecule has 1 aliphatic carbocycles. The average molecular weight is 403 g/mol. The second kappa shape index (κ2) is 8.03. The first kappa shape index (κ1) is 20.5. The molecule has 150 valence electrons. The quantitative estimate of drug-likeness (QED) is 0.741. The average Bonchev–Trinajstić information content (AvgIpc) is 3.03. The molecule has 6 nitrogen and oxygen atoms in total. The molecule has 0 saturated heterocycles. The molecule has 0 spiro atoms. The second-order valence-corrected chi connectivity index (χ2v) is 9.08. The number of sulfonamides is 1. The van der Waals surface area contributed by atoms with Gasteiger partial charge in [-0.25, -0.2) is 8.42 Å². The monoisotopic (exact) mass is 402 g/mol. The standard InChI is InChI=1S/C21H26N2O4S/c1-3-23(4-2)28(26,27)19-11-9-16(10-12-19)20(24)22-15-21(25)13-17-7-5-6-8-18(17)14-21/h5-12,25H,3-4,13-15H2,1-2H3,(H,22,24). The van der Waals surface area contributed by atoms with Gasteiger partial charge < -0.3 is 10.4 Å². The summed E-state index contributed by atoms with van der Waals surface area (Å²) in [6.07, 6.45) is 1.01. The number of carbonyl (C=O) groups is 1. The van der Waals surface area contributed by atoms with Crippen molar-refractivity contribution in [1.82, 2.24) is 9.62 Å². The Hall–Kier alpha value is -2.22. The Kier molecular flexibility index (Phi) is 5.88. The van der Waals surface area contributed by atoms with Crippen LogP contribution in [0.15, 0.2) is 53.4 Å². The molecule has 0 aromatic heterocycles. The highest BCUT2D eigenvalue weighted by molar-refractivity contribution is 7.89. The number of fused-ring (bicyclic) bond motifs is 1. The molecule has 1 aliphatic rings. The summed E-state index contributed by atoms with van der Waals surface area (Å²) in [6, 6.07) is 13.8. The van der Waals surface area contributed by atoms with Crippen molar-refractivity contribution in [2.45, 2.75) is 37.2 Å². The van der Waals surface area contributed by atoms with Gasteiger partial charge in [-0.1, -0.05) is 38.1 Å². The minimum absolute atomic E-state index is 0.139. The van der Waals surface area contributed by atoms with Crippen molar-refractivity contribution in [1.29, 1.82) is 0 Å². The van der Waals surface area contributed by atoms with E-state index in [-0.39, 0.29) is 17.3 Å². The lowest BCUT2D eigenvalue weighted by atomic mass is 10.0. The van der Waals surface area contributed by atoms with Crippen LogP contribution in [0.2, 0.25) is 0 Å². The molecule has 28 heavy (non-hydrogen) atoms. The molecule has 0 atom stereocenters. The first-order chi connectivity index (χ1) is 13.3. The SMILES string of the molecule is CCN(CC)S(=O)(=O)c1ccc(C(=O)NCC2(O)Cc3ccccc3C2)cc1. The van der Waals surface area contributed by atoms with E-state index in [4.69, 9.17) is 0 Å². The van der Waals surface area contributed by atoms with Crippen LogP contribution in [0, 0.1) is 0 Å². The summed E-state index contributed by atoms with van der Waals surface area (Å²) in [5, 5.41) is 13.5. The smallest absolute Gasteiger partial charge is 0.251 e. The maximum Gasteiger partial charge on any atom is 0.251 e. The number of hydrogen-bond acceptors (Lipinski definition) is 4. The summed E-state index contributed by atoms with van der Waals surface area (Å²) in [5.41, 5.74) is 1.57. The van der Waals surface area contributed by atoms with E-state index in [1.807, 2.05) is 24.3 Å². The van der Waals surface area contributed by atoms with Crippen LogP contribution in [0.3, 0.4) is 0 Å². The number of rotatable bonds is 7. The van der Waals surface area contributed by atoms with Gasteiger partial charge in [0.2, 0.25) is 10.0 Å². The molecule has 7 heteroatoms. The summed E-state index contributed by atoms with van der Waals surface area (Å²) in [4.78, 5) is 12.6. The Morgan fingerprint density at radius 2 is 1.57 bits per heavy atom. The minimum Gasteiger partial charge on any atom is -0.387 e. The van der Waals surface area contributed by atoms with Crippen LogP contribution in [0.25, 0.3) is 0 Å². The van der Waals surface area contributed by atoms with Crippen molar-refractivity contribution < 1.29 is 18.3 Å². The third-order valence-corrected chi connectivity index (χ3v) is 7.26. The second-order valence-electron chi connectivity index (χ2n) is 7.14. The van der Waals surface area contributed by atoms with E-state index in [1.165, 1.54) is 28.6 Å². The van der Waals surface area contributed by atoms with Gasteiger partial charge in [-0.3, -0.25) is 4.79 Å². The van der Waals surface area contributed by atoms with Crippen molar-refractivity contribution >= 4 is 15.9 Å². The van der Waals surface area contributed by atoms with Gasteiger partial charge in [0, 0.05) is 38.0 Å². The molecular weight excluding hydrogens is 376 g/mol. The van der Waals surface area contributed by atoms with Gasteiger partial charge in [0.1, 0.15) is 0 Å². The van der Waals surface area contributed by atoms with Crippen LogP contribution in [0.5, 0.6) is 0 Å². The van der Waals surface area contributed by atoms with Crippen LogP contribution in [-0.2, 0) is 22.9 Å². The first-order valence-electron chi connectivity index (χ1n) is 9.46. The van der Waals surface area contributed by atoms with E-state index in [0.717, 1.165) is 11.1 Å². The van der Waals surface area contributed by atoms with Crippen LogP contribution in [-0.4, -0.2) is 49.0 Å². The Morgan fingerprint density at radius 1 is 1.04 bits per heavy atom. The molecule has 0 fully saturated rings. The maximum atomic E-state index is 12.5. The largest absolute Gasteiger partial charge is 0.387 e. The fraction of sp³-hybridized carbons (Fsp3) is 0.381. The summed E-state index contributed by atoms with van der Waals surface area (Å²) in [6.45, 7) is 4.49. The highest BCUT2D eigenvalue weighted by Crippen LogP contribution is 2.29. The number of nitrogens with zero attached hydrogens (tertiary/aromatic N) is 1. The number of amides is 1. The molecule has 2 aromatic carbocycles. The van der Waals surface area contributed by atoms with E-state index < -0.39 is 15.6 Å². The molecule has 0 aliphatic heterocycles. The van der Waals surface area contributed by atoms with Gasteiger partial charge in [0.25, 0.3) is 5.91 Å². The zero-order valence-corrected chi connectivity index (χ0v) is 17.0. The molecule has 3 rings (SSSR count). The number of nitrogens with one attached hydrogen (secondary N) is 1. The Bertz CT molecular complexity index is 926. The lowest BCUT2D eigenvalue weighted by Crippen LogP contribution is -2.43. The van der Waals surface area contributed by atoms with Crippen molar-refractivity contribution in [2.75, 3.05) is 19.6 Å². The topological polar surface area (TPSA) is 86.7 Å². The zero-order valence-electron chi connectivity index (χ0n) is 16.2. The molecule has 0 unspecified atom stereocenters. The first-order valence-corrected chi connectivity index (χ1v) is 10.9. The molecule has 2 N–H and O–H groups in total. The Labute approximate surface area is 166 Å². The normalized spacial score (nSPS) is 15.4. The Balaban J connectivity index is 1.64. The highest BCUT2D eigenvalue weighted by Gasteiger charge is 2.35. The fourth-order valence-electron chi connectivity index (χ4n) is 3.64. The van der Waals surface area contributed by atoms with Crippen molar-refractivity contribution in [3.05, 3.63) is 65.2 Å². The highest BCUT2D eigenvalue weighted by atomic mass is 32.2. The van der Waals surface area contributed by atoms with E-state index in [1.54, 1.807) is 13.8 Å². The number of aliphatic hydroxyl groups is 1. The van der Waals surface area contributed by atoms with Crippen LogP contribution < -0.4 is 5.32 Å². The van der Waals surface area contributed by atoms with Crippen molar-refractivity contribution in [3.8, 4) is 0 Å². The van der Waals surface area contributed by atoms with Crippen molar-refractivity contribution in [2.24, 2.45) is 0 Å². The number of benzene rings is 2. The van der Waals surface area contributed by atoms with E-state index in [9.17, 15) is 18.3 Å². The lowest BCUT2D eigenvalue weighted by molar-refractivity contribution is 0.0480. The van der Waals surface area contributed by atoms with Gasteiger partial charge in [-0.05, 0) is 35.4 Å². The predicted octanol–water partition coefficient (Wildman–Crippen LogP) is 1.98. The molecular formula is C21H26N2O4S. The van der Waals surface area contributed by atoms with E-state index >= 15 is 0 Å². The maximum absolute atomic E-state index is 12.5. The predicted molar refractivity (Wildman–Crippen MR) is 108 cm³/mol. The minimum atomic E-state index is -3.55. The third kappa shape index (κ3) is 4.11. The molecule has 0 heterocycles. The number of hydrogen-bond donors (Lipinski definition) is 2. The van der Waals surface area contributed by atoms with Gasteiger partial charge in [0.05, 0.1) is 10.5 Å². The van der Waals surface area contributed by atoms with Gasteiger partial charge in [-0.2, -0.15) is 4.31 Å². The van der Waals surface area contributed by atoms with Crippen molar-refractivity contribution in [3.63, 3.8) is 0 Å². The van der Waals surface area contributed by atoms with E-state index in [2.05, 4.69) is 5.32 Å². The molecule has 1 amide bonds. The molecule has 2 aromatic rings. The molecule has 0 saturated carbocycles. The lowest BCUT2D eigenvalue weighted by Gasteiger charge is -2.22. The summed E-state index contributed by atoms with van der Waals surface area (Å²) in [5.74, 6) is -0.337. The van der Waals surface area contributed by atoms with E-state index in [0.29, 0.717) is 31.5 Å². The molecule has 0 radical (unpaired) electrons. The van der Waals surface area contributed by atoms with Crippen LogP contribution in [0.4, 0.5) is 0 Å². The zero-order chi connectivity index (χ0) is 20.4. The van der Waals surface area contributed by atoms with Gasteiger partial charge >= 0.3 is 0 Å². The van der Waals surface area contributed by atoms with Crippen LogP contribution in [0.1, 0.15) is 35.3 Å². The fourth-order valence-corrected chi connectivity index (χ4v) is 5.09. The van der Waals surface area contributed by atoms with Gasteiger partial charge in [0.15, 0.2) is 0 Å². The third-order valence-electron chi connectivity index (χ3n) is 5.20.